The first-order valence-corrected chi connectivity index (χ1v) is 8.45. The van der Waals surface area contributed by atoms with Gasteiger partial charge in [0.05, 0.1) is 12.8 Å². The van der Waals surface area contributed by atoms with E-state index in [1.165, 1.54) is 0 Å². The molecule has 0 atom stereocenters. The number of rotatable bonds is 6. The first kappa shape index (κ1) is 17.5. The van der Waals surface area contributed by atoms with Crippen LogP contribution < -0.4 is 15.4 Å². The summed E-state index contributed by atoms with van der Waals surface area (Å²) < 4.78 is 7.02. The number of benzene rings is 2. The van der Waals surface area contributed by atoms with Gasteiger partial charge < -0.3 is 15.4 Å². The van der Waals surface area contributed by atoms with E-state index >= 15 is 0 Å². The summed E-state index contributed by atoms with van der Waals surface area (Å²) in [7, 11) is 3.43. The lowest BCUT2D eigenvalue weighted by atomic mass is 10.2. The Bertz CT molecular complexity index is 841. The number of nitrogens with one attached hydrogen (secondary N) is 2. The summed E-state index contributed by atoms with van der Waals surface area (Å²) in [5, 5.41) is 10.9. The highest BCUT2D eigenvalue weighted by Crippen LogP contribution is 2.11. The Kier molecular flexibility index (Phi) is 5.88. The molecule has 0 spiro atoms. The van der Waals surface area contributed by atoms with Crippen molar-refractivity contribution in [3.63, 3.8) is 0 Å². The molecule has 0 amide bonds. The number of methoxy groups -OCH3 is 1. The van der Waals surface area contributed by atoms with E-state index in [4.69, 9.17) is 4.74 Å². The van der Waals surface area contributed by atoms with E-state index in [2.05, 4.69) is 32.9 Å². The molecule has 1 aromatic heterocycles. The maximum Gasteiger partial charge on any atom is 0.191 e. The van der Waals surface area contributed by atoms with E-state index in [0.717, 1.165) is 28.5 Å². The quantitative estimate of drug-likeness (QED) is 0.531. The SMILES string of the molecule is CN=C(NCc1ccc(OC)cc1)NCc1cccc(-n2cccn2)c1. The minimum absolute atomic E-state index is 0.678. The summed E-state index contributed by atoms with van der Waals surface area (Å²) in [6.07, 6.45) is 3.71. The van der Waals surface area contributed by atoms with Crippen LogP contribution in [0.2, 0.25) is 0 Å². The van der Waals surface area contributed by atoms with Gasteiger partial charge >= 0.3 is 0 Å². The third kappa shape index (κ3) is 4.63. The number of hydrogen-bond acceptors (Lipinski definition) is 3. The van der Waals surface area contributed by atoms with Gasteiger partial charge in [-0.15, -0.1) is 0 Å². The molecule has 0 radical (unpaired) electrons. The molecular weight excluding hydrogens is 326 g/mol. The Morgan fingerprint density at radius 1 is 1.04 bits per heavy atom. The normalized spacial score (nSPS) is 11.2. The Morgan fingerprint density at radius 2 is 1.81 bits per heavy atom. The van der Waals surface area contributed by atoms with E-state index in [1.54, 1.807) is 20.4 Å². The molecule has 1 heterocycles. The highest BCUT2D eigenvalue weighted by atomic mass is 16.5. The van der Waals surface area contributed by atoms with Crippen LogP contribution in [0.1, 0.15) is 11.1 Å². The zero-order chi connectivity index (χ0) is 18.2. The van der Waals surface area contributed by atoms with Crippen LogP contribution in [0.15, 0.2) is 72.0 Å². The van der Waals surface area contributed by atoms with E-state index in [1.807, 2.05) is 53.3 Å². The Labute approximate surface area is 153 Å². The summed E-state index contributed by atoms with van der Waals surface area (Å²) in [6, 6.07) is 18.1. The number of aliphatic imine (C=N–C) groups is 1. The van der Waals surface area contributed by atoms with Crippen LogP contribution in [0.25, 0.3) is 5.69 Å². The second-order valence-corrected chi connectivity index (χ2v) is 5.75. The molecule has 0 saturated heterocycles. The molecule has 0 unspecified atom stereocenters. The van der Waals surface area contributed by atoms with Gasteiger partial charge in [-0.05, 0) is 41.5 Å². The fourth-order valence-electron chi connectivity index (χ4n) is 2.57. The van der Waals surface area contributed by atoms with Crippen molar-refractivity contribution >= 4 is 5.96 Å². The first-order valence-electron chi connectivity index (χ1n) is 8.45. The van der Waals surface area contributed by atoms with Gasteiger partial charge in [-0.25, -0.2) is 4.68 Å². The molecule has 0 bridgehead atoms. The minimum atomic E-state index is 0.678. The maximum absolute atomic E-state index is 5.18. The van der Waals surface area contributed by atoms with Crippen molar-refractivity contribution in [2.45, 2.75) is 13.1 Å². The van der Waals surface area contributed by atoms with Crippen LogP contribution in [-0.4, -0.2) is 29.9 Å². The third-order valence-corrected chi connectivity index (χ3v) is 3.98. The van der Waals surface area contributed by atoms with Gasteiger partial charge in [-0.2, -0.15) is 5.10 Å². The molecule has 6 heteroatoms. The van der Waals surface area contributed by atoms with E-state index in [0.29, 0.717) is 13.1 Å². The van der Waals surface area contributed by atoms with Gasteiger partial charge in [-0.1, -0.05) is 24.3 Å². The van der Waals surface area contributed by atoms with Crippen LogP contribution in [0.3, 0.4) is 0 Å². The average Bonchev–Trinajstić information content (AvgIpc) is 3.24. The maximum atomic E-state index is 5.18. The molecule has 0 aliphatic heterocycles. The Balaban J connectivity index is 1.54. The van der Waals surface area contributed by atoms with Crippen LogP contribution in [-0.2, 0) is 13.1 Å². The molecule has 26 heavy (non-hydrogen) atoms. The van der Waals surface area contributed by atoms with Crippen molar-refractivity contribution in [2.75, 3.05) is 14.2 Å². The highest BCUT2D eigenvalue weighted by molar-refractivity contribution is 5.79. The molecule has 6 nitrogen and oxygen atoms in total. The van der Waals surface area contributed by atoms with E-state index in [9.17, 15) is 0 Å². The minimum Gasteiger partial charge on any atom is -0.497 e. The van der Waals surface area contributed by atoms with Gasteiger partial charge in [0.15, 0.2) is 5.96 Å². The van der Waals surface area contributed by atoms with Crippen molar-refractivity contribution < 1.29 is 4.74 Å². The molecule has 0 aliphatic carbocycles. The van der Waals surface area contributed by atoms with Gasteiger partial charge in [-0.3, -0.25) is 4.99 Å². The van der Waals surface area contributed by atoms with Crippen LogP contribution in [0.5, 0.6) is 5.75 Å². The van der Waals surface area contributed by atoms with Crippen LogP contribution in [0.4, 0.5) is 0 Å². The second kappa shape index (κ2) is 8.71. The van der Waals surface area contributed by atoms with Crippen molar-refractivity contribution in [1.82, 2.24) is 20.4 Å². The fourth-order valence-corrected chi connectivity index (χ4v) is 2.57. The van der Waals surface area contributed by atoms with Crippen molar-refractivity contribution in [3.8, 4) is 11.4 Å². The largest absolute Gasteiger partial charge is 0.497 e. The predicted octanol–water partition coefficient (Wildman–Crippen LogP) is 2.75. The number of nitrogens with zero attached hydrogens (tertiary/aromatic N) is 3. The zero-order valence-corrected chi connectivity index (χ0v) is 15.0. The molecule has 0 saturated carbocycles. The number of hydrogen-bond donors (Lipinski definition) is 2. The summed E-state index contributed by atoms with van der Waals surface area (Å²) in [5.74, 6) is 1.61. The number of aromatic nitrogens is 2. The average molecular weight is 349 g/mol. The monoisotopic (exact) mass is 349 g/mol. The highest BCUT2D eigenvalue weighted by Gasteiger charge is 2.02. The molecule has 134 valence electrons. The molecule has 3 aromatic rings. The third-order valence-electron chi connectivity index (χ3n) is 3.98. The summed E-state index contributed by atoms with van der Waals surface area (Å²) in [5.41, 5.74) is 3.36. The van der Waals surface area contributed by atoms with Gasteiger partial charge in [0.1, 0.15) is 5.75 Å². The summed E-state index contributed by atoms with van der Waals surface area (Å²) >= 11 is 0. The lowest BCUT2D eigenvalue weighted by Gasteiger charge is -2.13. The van der Waals surface area contributed by atoms with Gasteiger partial charge in [0.2, 0.25) is 0 Å². The topological polar surface area (TPSA) is 63.5 Å². The fraction of sp³-hybridized carbons (Fsp3) is 0.200. The van der Waals surface area contributed by atoms with Crippen molar-refractivity contribution in [3.05, 3.63) is 78.1 Å². The first-order chi connectivity index (χ1) is 12.8. The van der Waals surface area contributed by atoms with Crippen molar-refractivity contribution in [1.29, 1.82) is 0 Å². The summed E-state index contributed by atoms with van der Waals surface area (Å²) in [6.45, 7) is 1.37. The standard InChI is InChI=1S/C20H23N5O/c1-21-20(22-14-16-7-9-19(26-2)10-8-16)23-15-17-5-3-6-18(13-17)25-12-4-11-24-25/h3-13H,14-15H2,1-2H3,(H2,21,22,23). The molecule has 2 N–H and O–H groups in total. The smallest absolute Gasteiger partial charge is 0.191 e. The van der Waals surface area contributed by atoms with Gasteiger partial charge in [0.25, 0.3) is 0 Å². The molecule has 0 fully saturated rings. The number of ether oxygens (including phenoxy) is 1. The second-order valence-electron chi connectivity index (χ2n) is 5.75. The molecular formula is C20H23N5O. The lowest BCUT2D eigenvalue weighted by Crippen LogP contribution is -2.36. The lowest BCUT2D eigenvalue weighted by molar-refractivity contribution is 0.414. The predicted molar refractivity (Wildman–Crippen MR) is 104 cm³/mol. The Morgan fingerprint density at radius 3 is 2.46 bits per heavy atom. The molecule has 0 aliphatic rings. The summed E-state index contributed by atoms with van der Waals surface area (Å²) in [4.78, 5) is 4.28. The molecule has 2 aromatic carbocycles. The van der Waals surface area contributed by atoms with E-state index < -0.39 is 0 Å². The zero-order valence-electron chi connectivity index (χ0n) is 15.0. The van der Waals surface area contributed by atoms with Crippen molar-refractivity contribution in [2.24, 2.45) is 4.99 Å². The Hall–Kier alpha value is -3.28. The van der Waals surface area contributed by atoms with Crippen LogP contribution >= 0.6 is 0 Å². The van der Waals surface area contributed by atoms with Crippen LogP contribution in [0, 0.1) is 0 Å². The van der Waals surface area contributed by atoms with E-state index in [-0.39, 0.29) is 0 Å². The molecule has 3 rings (SSSR count). The van der Waals surface area contributed by atoms with Gasteiger partial charge in [0, 0.05) is 32.5 Å². The number of guanidine groups is 1.